The number of fused-ring (bicyclic) bond motifs is 5. The highest BCUT2D eigenvalue weighted by molar-refractivity contribution is 6.00. The molecule has 0 fully saturated rings. The molecule has 8 N–H and O–H groups in total. The summed E-state index contributed by atoms with van der Waals surface area (Å²) < 4.78 is 12.2. The largest absolute Gasteiger partial charge is 0.492 e. The fourth-order valence-corrected chi connectivity index (χ4v) is 7.84. The van der Waals surface area contributed by atoms with Crippen LogP contribution in [0.4, 0.5) is 0 Å². The minimum Gasteiger partial charge on any atom is -0.492 e. The molecule has 65 heavy (non-hydrogen) atoms. The Morgan fingerprint density at radius 2 is 1.55 bits per heavy atom. The van der Waals surface area contributed by atoms with Crippen molar-refractivity contribution in [2.45, 2.75) is 83.7 Å². The third-order valence-corrected chi connectivity index (χ3v) is 11.4. The molecule has 16 heteroatoms. The van der Waals surface area contributed by atoms with E-state index in [-0.39, 0.29) is 87.5 Å². The van der Waals surface area contributed by atoms with E-state index in [9.17, 15) is 34.0 Å². The van der Waals surface area contributed by atoms with E-state index < -0.39 is 59.3 Å². The van der Waals surface area contributed by atoms with Crippen molar-refractivity contribution in [3.63, 3.8) is 0 Å². The molecule has 3 aromatic carbocycles. The van der Waals surface area contributed by atoms with E-state index in [2.05, 4.69) is 36.1 Å². The van der Waals surface area contributed by atoms with E-state index in [0.717, 1.165) is 5.56 Å². The number of nitrogens with zero attached hydrogens (tertiary/aromatic N) is 3. The Labute approximate surface area is 379 Å². The van der Waals surface area contributed by atoms with Gasteiger partial charge in [0.15, 0.2) is 17.3 Å². The number of carbonyl (C=O) groups is 5. The molecule has 0 aliphatic carbocycles. The predicted octanol–water partition coefficient (Wildman–Crippen LogP) is 4.32. The number of amides is 2. The standard InChI is InChI=1S/C49H60N8O8/c1-29-23-41(60)44(57(5)48(63)33(16-18-51)27-40(59)37-28-54-45(56-47(37)62)31-9-12-34(13-10-31)49(2,3)4)32-11-15-43(65-22-20-53)36(26-32)35-24-30(8-14-42(35)64-21-19-52)25-38(55-46(29)61)39(58)7-6-17-50/h8-15,24,26,28-29,33,38,44H,6-7,16,18-23,25,27,51-53H2,1-5H3,(H,55,61)(H,54,56,62)/t29-,33-,38+,44+/m1/s1. The Morgan fingerprint density at radius 3 is 2.15 bits per heavy atom. The normalized spacial score (nSPS) is 16.9. The molecule has 2 heterocycles. The van der Waals surface area contributed by atoms with Crippen LogP contribution in [0.25, 0.3) is 22.5 Å². The predicted molar refractivity (Wildman–Crippen MR) is 246 cm³/mol. The summed E-state index contributed by atoms with van der Waals surface area (Å²) in [6, 6.07) is 17.6. The number of hydrogen-bond donors (Lipinski definition) is 5. The van der Waals surface area contributed by atoms with E-state index in [0.29, 0.717) is 39.3 Å². The van der Waals surface area contributed by atoms with Crippen molar-refractivity contribution in [2.24, 2.45) is 29.0 Å². The van der Waals surface area contributed by atoms with Crippen LogP contribution in [0.2, 0.25) is 0 Å². The number of nitrogens with one attached hydrogen (secondary N) is 2. The fourth-order valence-electron chi connectivity index (χ4n) is 7.84. The highest BCUT2D eigenvalue weighted by atomic mass is 16.5. The van der Waals surface area contributed by atoms with Crippen LogP contribution in [0, 0.1) is 23.2 Å². The average molecular weight is 889 g/mol. The molecule has 2 amide bonds. The Bertz CT molecular complexity index is 2470. The van der Waals surface area contributed by atoms with Crippen molar-refractivity contribution < 1.29 is 33.4 Å². The zero-order valence-corrected chi connectivity index (χ0v) is 37.8. The zero-order valence-electron chi connectivity index (χ0n) is 37.8. The molecule has 0 unspecified atom stereocenters. The third-order valence-electron chi connectivity index (χ3n) is 11.4. The van der Waals surface area contributed by atoms with E-state index >= 15 is 0 Å². The van der Waals surface area contributed by atoms with Crippen LogP contribution in [-0.4, -0.2) is 90.0 Å². The van der Waals surface area contributed by atoms with Gasteiger partial charge in [0, 0.05) is 80.5 Å². The number of Topliss-reactive ketones (excluding diaryl/α,β-unsaturated/α-hetero) is 3. The Kier molecular flexibility index (Phi) is 17.0. The monoisotopic (exact) mass is 888 g/mol. The molecule has 1 aliphatic rings. The van der Waals surface area contributed by atoms with Crippen LogP contribution in [0.5, 0.6) is 11.5 Å². The number of carbonyl (C=O) groups excluding carboxylic acids is 5. The van der Waals surface area contributed by atoms with Crippen LogP contribution in [0.1, 0.15) is 92.9 Å². The average Bonchev–Trinajstić information content (AvgIpc) is 3.28. The zero-order chi connectivity index (χ0) is 47.4. The highest BCUT2D eigenvalue weighted by Gasteiger charge is 2.36. The SMILES string of the molecule is C[C@@H]1CC(=O)[C@@H](N(C)C(=O)[C@H](CCN)CC(=O)c2cnc(-c3ccc(C(C)(C)C)cc3)[nH]c2=O)c2ccc(OCCN)c(c2)-c2cc(ccc2OCCN)C[C@@H](C(=O)CCC#N)NC1=O. The number of ketones is 3. The molecule has 1 aliphatic heterocycles. The number of nitriles is 1. The molecule has 4 aromatic rings. The minimum absolute atomic E-state index is 0.0128. The second-order valence-corrected chi connectivity index (χ2v) is 17.4. The van der Waals surface area contributed by atoms with Crippen molar-refractivity contribution in [3.05, 3.63) is 99.5 Å². The van der Waals surface area contributed by atoms with Gasteiger partial charge < -0.3 is 41.9 Å². The van der Waals surface area contributed by atoms with Crippen LogP contribution in [0.15, 0.2) is 71.7 Å². The van der Waals surface area contributed by atoms with Gasteiger partial charge in [0.2, 0.25) is 11.8 Å². The van der Waals surface area contributed by atoms with Gasteiger partial charge in [-0.1, -0.05) is 64.1 Å². The third kappa shape index (κ3) is 12.4. The summed E-state index contributed by atoms with van der Waals surface area (Å²) in [5.41, 5.74) is 20.5. The quantitative estimate of drug-likeness (QED) is 0.0926. The lowest BCUT2D eigenvalue weighted by Crippen LogP contribution is -2.46. The van der Waals surface area contributed by atoms with Gasteiger partial charge in [0.05, 0.1) is 12.1 Å². The van der Waals surface area contributed by atoms with Crippen molar-refractivity contribution in [1.29, 1.82) is 5.26 Å². The summed E-state index contributed by atoms with van der Waals surface area (Å²) in [5, 5.41) is 12.0. The first-order chi connectivity index (χ1) is 31.0. The maximum absolute atomic E-state index is 14.7. The summed E-state index contributed by atoms with van der Waals surface area (Å²) in [5.74, 6) is -3.57. The molecule has 4 bridgehead atoms. The Morgan fingerprint density at radius 1 is 0.908 bits per heavy atom. The van der Waals surface area contributed by atoms with E-state index in [1.165, 1.54) is 18.1 Å². The number of H-pyrrole nitrogens is 1. The number of likely N-dealkylation sites (N-methyl/N-ethyl adjacent to an activating group) is 1. The topological polar surface area (TPSA) is 267 Å². The molecule has 0 saturated carbocycles. The number of benzene rings is 3. The summed E-state index contributed by atoms with van der Waals surface area (Å²) >= 11 is 0. The van der Waals surface area contributed by atoms with Crippen molar-refractivity contribution in [2.75, 3.05) is 39.9 Å². The van der Waals surface area contributed by atoms with Crippen molar-refractivity contribution >= 4 is 29.2 Å². The van der Waals surface area contributed by atoms with E-state index in [1.54, 1.807) is 43.3 Å². The first-order valence-corrected chi connectivity index (χ1v) is 21.9. The lowest BCUT2D eigenvalue weighted by Gasteiger charge is -2.32. The van der Waals surface area contributed by atoms with Gasteiger partial charge in [-0.3, -0.25) is 28.8 Å². The number of aromatic nitrogens is 2. The summed E-state index contributed by atoms with van der Waals surface area (Å²) in [6.45, 7) is 8.54. The molecular formula is C49H60N8O8. The number of nitrogens with two attached hydrogens (primary N) is 3. The van der Waals surface area contributed by atoms with Gasteiger partial charge in [-0.2, -0.15) is 5.26 Å². The number of aromatic amines is 1. The second kappa shape index (κ2) is 22.4. The highest BCUT2D eigenvalue weighted by Crippen LogP contribution is 2.41. The maximum Gasteiger partial charge on any atom is 0.262 e. The van der Waals surface area contributed by atoms with Gasteiger partial charge >= 0.3 is 0 Å². The fraction of sp³-hybridized carbons (Fsp3) is 0.429. The summed E-state index contributed by atoms with van der Waals surface area (Å²) in [6.07, 6.45) is 0.448. The molecular weight excluding hydrogens is 829 g/mol. The van der Waals surface area contributed by atoms with Crippen LogP contribution < -0.4 is 37.6 Å². The Hall–Kier alpha value is -6.54. The molecule has 4 atom stereocenters. The molecule has 0 radical (unpaired) electrons. The lowest BCUT2D eigenvalue weighted by atomic mass is 9.86. The van der Waals surface area contributed by atoms with Gasteiger partial charge in [-0.25, -0.2) is 4.98 Å². The smallest absolute Gasteiger partial charge is 0.262 e. The van der Waals surface area contributed by atoms with Crippen molar-refractivity contribution in [1.82, 2.24) is 20.2 Å². The van der Waals surface area contributed by atoms with Gasteiger partial charge in [-0.15, -0.1) is 0 Å². The van der Waals surface area contributed by atoms with Gasteiger partial charge in [0.1, 0.15) is 42.1 Å². The molecule has 1 aromatic heterocycles. The number of hydrogen-bond acceptors (Lipinski definition) is 13. The van der Waals surface area contributed by atoms with Crippen LogP contribution >= 0.6 is 0 Å². The van der Waals surface area contributed by atoms with Crippen LogP contribution in [-0.2, 0) is 31.0 Å². The molecule has 16 nitrogen and oxygen atoms in total. The lowest BCUT2D eigenvalue weighted by molar-refractivity contribution is -0.142. The number of ether oxygens (including phenoxy) is 2. The second-order valence-electron chi connectivity index (χ2n) is 17.4. The minimum atomic E-state index is -1.29. The molecule has 5 rings (SSSR count). The molecule has 344 valence electrons. The Balaban J connectivity index is 1.56. The van der Waals surface area contributed by atoms with Crippen LogP contribution in [0.3, 0.4) is 0 Å². The number of rotatable bonds is 17. The van der Waals surface area contributed by atoms with Gasteiger partial charge in [0.25, 0.3) is 5.56 Å². The maximum atomic E-state index is 14.7. The first kappa shape index (κ1) is 49.5. The van der Waals surface area contributed by atoms with E-state index in [1.807, 2.05) is 30.3 Å². The molecule has 0 saturated heterocycles. The summed E-state index contributed by atoms with van der Waals surface area (Å²) in [4.78, 5) is 92.1. The first-order valence-electron chi connectivity index (χ1n) is 21.9. The van der Waals surface area contributed by atoms with Gasteiger partial charge in [-0.05, 0) is 65.8 Å². The summed E-state index contributed by atoms with van der Waals surface area (Å²) in [7, 11) is 1.44. The van der Waals surface area contributed by atoms with E-state index in [4.69, 9.17) is 26.7 Å². The van der Waals surface area contributed by atoms with Crippen molar-refractivity contribution in [3.8, 4) is 40.1 Å². The molecule has 0 spiro atoms.